The minimum Gasteiger partial charge on any atom is -0.507 e. The summed E-state index contributed by atoms with van der Waals surface area (Å²) < 4.78 is 0. The molecule has 0 fully saturated rings. The van der Waals surface area contributed by atoms with Crippen molar-refractivity contribution in [2.24, 2.45) is 5.10 Å². The van der Waals surface area contributed by atoms with Crippen LogP contribution in [0.2, 0.25) is 0 Å². The minimum absolute atomic E-state index is 0.109. The average Bonchev–Trinajstić information content (AvgIpc) is 2.56. The number of aromatic hydroxyl groups is 1. The molecular formula is C17H13N3O2. The Morgan fingerprint density at radius 1 is 1.14 bits per heavy atom. The predicted molar refractivity (Wildman–Crippen MR) is 84.9 cm³/mol. The Morgan fingerprint density at radius 3 is 2.64 bits per heavy atom. The summed E-state index contributed by atoms with van der Waals surface area (Å²) >= 11 is 0. The van der Waals surface area contributed by atoms with Gasteiger partial charge in [-0.2, -0.15) is 5.10 Å². The molecule has 1 amide bonds. The Hall–Kier alpha value is -3.21. The number of carbonyl (C=O) groups is 1. The van der Waals surface area contributed by atoms with Crippen LogP contribution in [0.1, 0.15) is 15.9 Å². The number of nitrogens with one attached hydrogen (secondary N) is 1. The zero-order chi connectivity index (χ0) is 15.4. The van der Waals surface area contributed by atoms with E-state index in [1.54, 1.807) is 24.4 Å². The Labute approximate surface area is 126 Å². The molecule has 0 spiro atoms. The molecular weight excluding hydrogens is 278 g/mol. The lowest BCUT2D eigenvalue weighted by molar-refractivity contribution is 0.0954. The third kappa shape index (κ3) is 2.93. The molecule has 3 aromatic rings. The number of benzene rings is 2. The Balaban J connectivity index is 1.78. The van der Waals surface area contributed by atoms with Crippen LogP contribution in [-0.2, 0) is 0 Å². The van der Waals surface area contributed by atoms with Crippen molar-refractivity contribution < 1.29 is 9.90 Å². The van der Waals surface area contributed by atoms with Gasteiger partial charge < -0.3 is 5.11 Å². The molecule has 3 rings (SSSR count). The second-order valence-electron chi connectivity index (χ2n) is 4.70. The van der Waals surface area contributed by atoms with Gasteiger partial charge >= 0.3 is 0 Å². The first-order chi connectivity index (χ1) is 10.7. The smallest absolute Gasteiger partial charge is 0.272 e. The first kappa shape index (κ1) is 13.8. The first-order valence-corrected chi connectivity index (χ1v) is 6.69. The summed E-state index contributed by atoms with van der Waals surface area (Å²) in [5, 5.41) is 15.8. The summed E-state index contributed by atoms with van der Waals surface area (Å²) in [5.41, 5.74) is 3.35. The standard InChI is InChI=1S/C17H13N3O2/c21-16-9-13-5-2-1-4-12(13)8-15(16)11-19-20-17(22)14-6-3-7-18-10-14/h1-11,21H,(H,20,22)/b19-11+. The second kappa shape index (κ2) is 6.05. The number of fused-ring (bicyclic) bond motifs is 1. The lowest BCUT2D eigenvalue weighted by Gasteiger charge is -2.03. The summed E-state index contributed by atoms with van der Waals surface area (Å²) in [6.07, 6.45) is 4.46. The van der Waals surface area contributed by atoms with E-state index in [9.17, 15) is 9.90 Å². The van der Waals surface area contributed by atoms with Crippen LogP contribution >= 0.6 is 0 Å². The highest BCUT2D eigenvalue weighted by atomic mass is 16.3. The normalized spacial score (nSPS) is 10.9. The van der Waals surface area contributed by atoms with Crippen LogP contribution in [0.25, 0.3) is 10.8 Å². The fourth-order valence-electron chi connectivity index (χ4n) is 2.07. The van der Waals surface area contributed by atoms with E-state index < -0.39 is 0 Å². The minimum atomic E-state index is -0.357. The van der Waals surface area contributed by atoms with Gasteiger partial charge in [0.25, 0.3) is 5.91 Å². The monoisotopic (exact) mass is 291 g/mol. The topological polar surface area (TPSA) is 74.6 Å². The van der Waals surface area contributed by atoms with Crippen molar-refractivity contribution in [1.29, 1.82) is 0 Å². The maximum Gasteiger partial charge on any atom is 0.272 e. The van der Waals surface area contributed by atoms with E-state index in [4.69, 9.17) is 0 Å². The lowest BCUT2D eigenvalue weighted by Crippen LogP contribution is -2.17. The Kier molecular flexibility index (Phi) is 3.78. The van der Waals surface area contributed by atoms with Crippen molar-refractivity contribution in [3.8, 4) is 5.75 Å². The van der Waals surface area contributed by atoms with E-state index >= 15 is 0 Å². The van der Waals surface area contributed by atoms with Crippen LogP contribution in [0.15, 0.2) is 66.0 Å². The van der Waals surface area contributed by atoms with Crippen LogP contribution in [0, 0.1) is 0 Å². The molecule has 0 radical (unpaired) electrons. The van der Waals surface area contributed by atoms with Crippen molar-refractivity contribution >= 4 is 22.9 Å². The highest BCUT2D eigenvalue weighted by Gasteiger charge is 2.04. The number of aromatic nitrogens is 1. The molecule has 2 N–H and O–H groups in total. The third-order valence-corrected chi connectivity index (χ3v) is 3.19. The van der Waals surface area contributed by atoms with Gasteiger partial charge in [-0.25, -0.2) is 5.43 Å². The maximum atomic E-state index is 11.8. The molecule has 0 unspecified atom stereocenters. The van der Waals surface area contributed by atoms with E-state index in [1.165, 1.54) is 12.4 Å². The van der Waals surface area contributed by atoms with E-state index in [0.29, 0.717) is 11.1 Å². The van der Waals surface area contributed by atoms with Crippen LogP contribution in [0.4, 0.5) is 0 Å². The molecule has 0 bridgehead atoms. The number of rotatable bonds is 3. The van der Waals surface area contributed by atoms with Crippen LogP contribution in [0.3, 0.4) is 0 Å². The Morgan fingerprint density at radius 2 is 1.91 bits per heavy atom. The molecule has 0 atom stereocenters. The van der Waals surface area contributed by atoms with Gasteiger partial charge in [-0.3, -0.25) is 9.78 Å². The van der Waals surface area contributed by atoms with Gasteiger partial charge in [-0.15, -0.1) is 0 Å². The highest BCUT2D eigenvalue weighted by Crippen LogP contribution is 2.23. The van der Waals surface area contributed by atoms with Crippen molar-refractivity contribution in [1.82, 2.24) is 10.4 Å². The van der Waals surface area contributed by atoms with Gasteiger partial charge in [0.15, 0.2) is 0 Å². The highest BCUT2D eigenvalue weighted by molar-refractivity contribution is 5.96. The van der Waals surface area contributed by atoms with Crippen LogP contribution < -0.4 is 5.43 Å². The van der Waals surface area contributed by atoms with Gasteiger partial charge in [0.05, 0.1) is 11.8 Å². The molecule has 0 aliphatic rings. The fraction of sp³-hybridized carbons (Fsp3) is 0. The van der Waals surface area contributed by atoms with Crippen molar-refractivity contribution in [2.75, 3.05) is 0 Å². The van der Waals surface area contributed by atoms with Crippen molar-refractivity contribution in [2.45, 2.75) is 0 Å². The van der Waals surface area contributed by atoms with E-state index in [1.807, 2.05) is 30.3 Å². The Bertz CT molecular complexity index is 845. The number of hydrogen-bond donors (Lipinski definition) is 2. The number of amides is 1. The molecule has 2 aromatic carbocycles. The fourth-order valence-corrected chi connectivity index (χ4v) is 2.07. The van der Waals surface area contributed by atoms with E-state index in [2.05, 4.69) is 15.5 Å². The van der Waals surface area contributed by atoms with E-state index in [0.717, 1.165) is 10.8 Å². The first-order valence-electron chi connectivity index (χ1n) is 6.69. The zero-order valence-corrected chi connectivity index (χ0v) is 11.6. The van der Waals surface area contributed by atoms with Crippen LogP contribution in [0.5, 0.6) is 5.75 Å². The van der Waals surface area contributed by atoms with Gasteiger partial charge in [0, 0.05) is 18.0 Å². The van der Waals surface area contributed by atoms with Crippen LogP contribution in [-0.4, -0.2) is 22.2 Å². The molecule has 5 nitrogen and oxygen atoms in total. The number of phenolic OH excluding ortho intramolecular Hbond substituents is 1. The van der Waals surface area contributed by atoms with E-state index in [-0.39, 0.29) is 11.7 Å². The number of phenols is 1. The predicted octanol–water partition coefficient (Wildman–Crippen LogP) is 2.70. The number of nitrogens with zero attached hydrogens (tertiary/aromatic N) is 2. The third-order valence-electron chi connectivity index (χ3n) is 3.19. The molecule has 0 aliphatic carbocycles. The molecule has 5 heteroatoms. The maximum absolute atomic E-state index is 11.8. The summed E-state index contributed by atoms with van der Waals surface area (Å²) in [4.78, 5) is 15.7. The molecule has 0 saturated carbocycles. The molecule has 0 saturated heterocycles. The number of carbonyl (C=O) groups excluding carboxylic acids is 1. The number of pyridine rings is 1. The lowest BCUT2D eigenvalue weighted by atomic mass is 10.1. The van der Waals surface area contributed by atoms with Crippen molar-refractivity contribution in [3.63, 3.8) is 0 Å². The molecule has 108 valence electrons. The molecule has 22 heavy (non-hydrogen) atoms. The SMILES string of the molecule is O=C(N/N=C/c1cc2ccccc2cc1O)c1cccnc1. The average molecular weight is 291 g/mol. The van der Waals surface area contributed by atoms with Gasteiger partial charge in [0.1, 0.15) is 5.75 Å². The quantitative estimate of drug-likeness (QED) is 0.575. The molecule has 1 aromatic heterocycles. The summed E-state index contributed by atoms with van der Waals surface area (Å²) in [7, 11) is 0. The summed E-state index contributed by atoms with van der Waals surface area (Å²) in [6.45, 7) is 0. The van der Waals surface area contributed by atoms with Crippen molar-refractivity contribution in [3.05, 3.63) is 72.1 Å². The zero-order valence-electron chi connectivity index (χ0n) is 11.6. The van der Waals surface area contributed by atoms with Gasteiger partial charge in [0.2, 0.25) is 0 Å². The summed E-state index contributed by atoms with van der Waals surface area (Å²) in [6, 6.07) is 14.5. The number of hydrogen-bond acceptors (Lipinski definition) is 4. The van der Waals surface area contributed by atoms with Gasteiger partial charge in [-0.1, -0.05) is 24.3 Å². The largest absolute Gasteiger partial charge is 0.507 e. The second-order valence-corrected chi connectivity index (χ2v) is 4.70. The molecule has 1 heterocycles. The summed E-state index contributed by atoms with van der Waals surface area (Å²) in [5.74, 6) is -0.247. The number of hydrazone groups is 1. The van der Waals surface area contributed by atoms with Gasteiger partial charge in [-0.05, 0) is 35.0 Å². The molecule has 0 aliphatic heterocycles.